The maximum Gasteiger partial charge on any atom is 0.287 e. The third-order valence-corrected chi connectivity index (χ3v) is 3.72. The van der Waals surface area contributed by atoms with Crippen LogP contribution in [-0.4, -0.2) is 49.5 Å². The highest BCUT2D eigenvalue weighted by Crippen LogP contribution is 2.28. The summed E-state index contributed by atoms with van der Waals surface area (Å²) in [7, 11) is 0. The molecule has 23 heavy (non-hydrogen) atoms. The van der Waals surface area contributed by atoms with Gasteiger partial charge in [0, 0.05) is 26.2 Å². The van der Waals surface area contributed by atoms with Crippen molar-refractivity contribution in [2.24, 2.45) is 10.4 Å². The summed E-state index contributed by atoms with van der Waals surface area (Å²) < 4.78 is 5.05. The fourth-order valence-electron chi connectivity index (χ4n) is 2.55. The normalized spacial score (nSPS) is 16.8. The first kappa shape index (κ1) is 19.8. The number of hydrogen-bond donors (Lipinski definition) is 2. The van der Waals surface area contributed by atoms with Crippen LogP contribution in [0, 0.1) is 5.41 Å². The molecule has 0 unspecified atom stereocenters. The number of nitrogens with one attached hydrogen (secondary N) is 2. The molecule has 0 saturated carbocycles. The quantitative estimate of drug-likeness (QED) is 0.323. The van der Waals surface area contributed by atoms with E-state index in [-0.39, 0.29) is 29.9 Å². The van der Waals surface area contributed by atoms with Crippen molar-refractivity contribution in [2.45, 2.75) is 27.2 Å². The summed E-state index contributed by atoms with van der Waals surface area (Å²) in [6.07, 6.45) is 2.66. The molecular weight excluding hydrogens is 407 g/mol. The number of rotatable bonds is 5. The molecule has 1 fully saturated rings. The largest absolute Gasteiger partial charge is 0.459 e. The number of hydrogen-bond acceptors (Lipinski definition) is 3. The lowest BCUT2D eigenvalue weighted by atomic mass is 9.93. The SMILES string of the molecule is CCNC(=NCCNC(=O)c1ccco1)N1CCC(C)(C)C1.I. The molecule has 0 spiro atoms. The Labute approximate surface area is 155 Å². The van der Waals surface area contributed by atoms with Gasteiger partial charge < -0.3 is 20.0 Å². The Morgan fingerprint density at radius 1 is 1.43 bits per heavy atom. The Morgan fingerprint density at radius 3 is 2.78 bits per heavy atom. The van der Waals surface area contributed by atoms with E-state index in [9.17, 15) is 4.79 Å². The van der Waals surface area contributed by atoms with Gasteiger partial charge in [0.15, 0.2) is 11.7 Å². The van der Waals surface area contributed by atoms with E-state index in [1.807, 2.05) is 0 Å². The monoisotopic (exact) mass is 434 g/mol. The van der Waals surface area contributed by atoms with Crippen LogP contribution in [0.3, 0.4) is 0 Å². The van der Waals surface area contributed by atoms with E-state index in [4.69, 9.17) is 4.42 Å². The van der Waals surface area contributed by atoms with Crippen molar-refractivity contribution in [3.63, 3.8) is 0 Å². The molecule has 1 aliphatic rings. The zero-order valence-corrected chi connectivity index (χ0v) is 16.4. The number of likely N-dealkylation sites (tertiary alicyclic amines) is 1. The summed E-state index contributed by atoms with van der Waals surface area (Å²) in [4.78, 5) is 18.6. The average Bonchev–Trinajstić information content (AvgIpc) is 3.11. The standard InChI is InChI=1S/C16H26N4O2.HI/c1-4-17-15(20-10-7-16(2,3)12-20)19-9-8-18-14(21)13-6-5-11-22-13;/h5-6,11H,4,7-10,12H2,1-3H3,(H,17,19)(H,18,21);1H. The topological polar surface area (TPSA) is 69.9 Å². The van der Waals surface area contributed by atoms with Gasteiger partial charge >= 0.3 is 0 Å². The summed E-state index contributed by atoms with van der Waals surface area (Å²) in [5.74, 6) is 1.06. The van der Waals surface area contributed by atoms with Crippen LogP contribution < -0.4 is 10.6 Å². The van der Waals surface area contributed by atoms with Crippen molar-refractivity contribution >= 4 is 35.8 Å². The fraction of sp³-hybridized carbons (Fsp3) is 0.625. The molecule has 1 aromatic heterocycles. The van der Waals surface area contributed by atoms with Crippen molar-refractivity contribution in [1.82, 2.24) is 15.5 Å². The van der Waals surface area contributed by atoms with Crippen LogP contribution in [0.4, 0.5) is 0 Å². The number of carbonyl (C=O) groups is 1. The number of guanidine groups is 1. The Morgan fingerprint density at radius 2 is 2.22 bits per heavy atom. The highest BCUT2D eigenvalue weighted by atomic mass is 127. The van der Waals surface area contributed by atoms with Gasteiger partial charge in [-0.1, -0.05) is 13.8 Å². The Bertz CT molecular complexity index is 514. The van der Waals surface area contributed by atoms with E-state index < -0.39 is 0 Å². The van der Waals surface area contributed by atoms with E-state index >= 15 is 0 Å². The van der Waals surface area contributed by atoms with E-state index in [1.54, 1.807) is 12.1 Å². The predicted molar refractivity (Wildman–Crippen MR) is 102 cm³/mol. The van der Waals surface area contributed by atoms with E-state index in [1.165, 1.54) is 12.7 Å². The lowest BCUT2D eigenvalue weighted by molar-refractivity contribution is 0.0927. The van der Waals surface area contributed by atoms with Gasteiger partial charge in [-0.05, 0) is 30.9 Å². The molecule has 2 heterocycles. The van der Waals surface area contributed by atoms with Crippen LogP contribution in [0.2, 0.25) is 0 Å². The van der Waals surface area contributed by atoms with Gasteiger partial charge in [-0.15, -0.1) is 24.0 Å². The number of halogens is 1. The number of nitrogens with zero attached hydrogens (tertiary/aromatic N) is 2. The molecule has 0 atom stereocenters. The minimum Gasteiger partial charge on any atom is -0.459 e. The van der Waals surface area contributed by atoms with Gasteiger partial charge in [0.1, 0.15) is 0 Å². The molecule has 1 aliphatic heterocycles. The Balaban J connectivity index is 0.00000264. The molecule has 1 aromatic rings. The number of furan rings is 1. The Hall–Kier alpha value is -1.25. The zero-order valence-electron chi connectivity index (χ0n) is 14.1. The molecule has 2 N–H and O–H groups in total. The number of carbonyl (C=O) groups excluding carboxylic acids is 1. The molecule has 1 saturated heterocycles. The number of aliphatic imine (C=N–C) groups is 1. The maximum atomic E-state index is 11.7. The first-order valence-corrected chi connectivity index (χ1v) is 7.87. The molecule has 2 rings (SSSR count). The second-order valence-corrected chi connectivity index (χ2v) is 6.30. The second-order valence-electron chi connectivity index (χ2n) is 6.30. The maximum absolute atomic E-state index is 11.7. The van der Waals surface area contributed by atoms with Gasteiger partial charge in [-0.2, -0.15) is 0 Å². The third-order valence-electron chi connectivity index (χ3n) is 3.72. The molecule has 0 aromatic carbocycles. The van der Waals surface area contributed by atoms with Crippen LogP contribution in [0.25, 0.3) is 0 Å². The van der Waals surface area contributed by atoms with Crippen LogP contribution in [0.5, 0.6) is 0 Å². The van der Waals surface area contributed by atoms with Gasteiger partial charge in [0.05, 0.1) is 12.8 Å². The highest BCUT2D eigenvalue weighted by molar-refractivity contribution is 14.0. The van der Waals surface area contributed by atoms with Gasteiger partial charge in [0.25, 0.3) is 5.91 Å². The van der Waals surface area contributed by atoms with Crippen molar-refractivity contribution in [2.75, 3.05) is 32.7 Å². The summed E-state index contributed by atoms with van der Waals surface area (Å²) in [6.45, 7) is 10.5. The molecule has 0 bridgehead atoms. The molecule has 130 valence electrons. The highest BCUT2D eigenvalue weighted by Gasteiger charge is 2.30. The van der Waals surface area contributed by atoms with E-state index in [2.05, 4.69) is 41.3 Å². The van der Waals surface area contributed by atoms with Gasteiger partial charge in [-0.3, -0.25) is 9.79 Å². The predicted octanol–water partition coefficient (Wildman–Crippen LogP) is 2.32. The minimum atomic E-state index is -0.201. The summed E-state index contributed by atoms with van der Waals surface area (Å²) >= 11 is 0. The van der Waals surface area contributed by atoms with Crippen molar-refractivity contribution in [1.29, 1.82) is 0 Å². The lowest BCUT2D eigenvalue weighted by Crippen LogP contribution is -2.41. The van der Waals surface area contributed by atoms with Gasteiger partial charge in [0.2, 0.25) is 0 Å². The first-order valence-electron chi connectivity index (χ1n) is 7.87. The summed E-state index contributed by atoms with van der Waals surface area (Å²) in [5.41, 5.74) is 0.337. The summed E-state index contributed by atoms with van der Waals surface area (Å²) in [5, 5.41) is 6.13. The molecule has 1 amide bonds. The lowest BCUT2D eigenvalue weighted by Gasteiger charge is -2.23. The van der Waals surface area contributed by atoms with Crippen molar-refractivity contribution in [3.8, 4) is 0 Å². The molecule has 7 heteroatoms. The van der Waals surface area contributed by atoms with E-state index in [0.29, 0.717) is 24.3 Å². The van der Waals surface area contributed by atoms with Crippen LogP contribution in [-0.2, 0) is 0 Å². The molecule has 0 aliphatic carbocycles. The van der Waals surface area contributed by atoms with E-state index in [0.717, 1.165) is 25.6 Å². The second kappa shape index (κ2) is 9.14. The van der Waals surface area contributed by atoms with Crippen molar-refractivity contribution < 1.29 is 9.21 Å². The smallest absolute Gasteiger partial charge is 0.287 e. The van der Waals surface area contributed by atoms with Gasteiger partial charge in [-0.25, -0.2) is 0 Å². The molecule has 0 radical (unpaired) electrons. The average molecular weight is 434 g/mol. The molecular formula is C16H27IN4O2. The molecule has 6 nitrogen and oxygen atoms in total. The van der Waals surface area contributed by atoms with Crippen molar-refractivity contribution in [3.05, 3.63) is 24.2 Å². The van der Waals surface area contributed by atoms with Crippen LogP contribution in [0.1, 0.15) is 37.7 Å². The fourth-order valence-corrected chi connectivity index (χ4v) is 2.55. The minimum absolute atomic E-state index is 0. The first-order chi connectivity index (χ1) is 10.5. The third kappa shape index (κ3) is 6.04. The summed E-state index contributed by atoms with van der Waals surface area (Å²) in [6, 6.07) is 3.35. The zero-order chi connectivity index (χ0) is 16.0. The number of amides is 1. The van der Waals surface area contributed by atoms with Crippen LogP contribution in [0.15, 0.2) is 27.8 Å². The van der Waals surface area contributed by atoms with Crippen LogP contribution >= 0.6 is 24.0 Å². The Kier molecular flexibility index (Phi) is 7.87.